The lowest BCUT2D eigenvalue weighted by atomic mass is 10.1. The van der Waals surface area contributed by atoms with Gasteiger partial charge in [0.05, 0.1) is 12.7 Å². The first kappa shape index (κ1) is 15.2. The van der Waals surface area contributed by atoms with Crippen molar-refractivity contribution in [1.29, 1.82) is 0 Å². The van der Waals surface area contributed by atoms with Crippen LogP contribution in [0.25, 0.3) is 22.4 Å². The van der Waals surface area contributed by atoms with Crippen molar-refractivity contribution in [2.45, 2.75) is 20.0 Å². The van der Waals surface area contributed by atoms with Crippen LogP contribution in [-0.2, 0) is 4.74 Å². The lowest BCUT2D eigenvalue weighted by Crippen LogP contribution is -2.11. The van der Waals surface area contributed by atoms with Crippen molar-refractivity contribution in [3.63, 3.8) is 0 Å². The standard InChI is InChI=1S/C15H16N4O4/c1-9(2)21-6-7-22-12-5-3-4-10-8-11(14-16-18-19-17-14)15(20)23-13(10)12/h3-5,8-9H,6-7H2,1-2H3,(H,16,17,18,19). The maximum absolute atomic E-state index is 12.1. The topological polar surface area (TPSA) is 103 Å². The zero-order valence-corrected chi connectivity index (χ0v) is 12.8. The van der Waals surface area contributed by atoms with E-state index in [1.54, 1.807) is 12.1 Å². The second kappa shape index (κ2) is 6.57. The fourth-order valence-corrected chi connectivity index (χ4v) is 2.11. The van der Waals surface area contributed by atoms with Crippen molar-refractivity contribution in [2.24, 2.45) is 0 Å². The monoisotopic (exact) mass is 316 g/mol. The minimum Gasteiger partial charge on any atom is -0.487 e. The Morgan fingerprint density at radius 2 is 2.17 bits per heavy atom. The average molecular weight is 316 g/mol. The molecular weight excluding hydrogens is 300 g/mol. The van der Waals surface area contributed by atoms with E-state index in [1.807, 2.05) is 26.0 Å². The molecule has 0 atom stereocenters. The number of tetrazole rings is 1. The molecule has 23 heavy (non-hydrogen) atoms. The SMILES string of the molecule is CC(C)OCCOc1cccc2cc(-c3nnn[nH]3)c(=O)oc12. The predicted molar refractivity (Wildman–Crippen MR) is 82.2 cm³/mol. The number of fused-ring (bicyclic) bond motifs is 1. The highest BCUT2D eigenvalue weighted by Crippen LogP contribution is 2.26. The Morgan fingerprint density at radius 3 is 2.91 bits per heavy atom. The van der Waals surface area contributed by atoms with Gasteiger partial charge in [-0.05, 0) is 36.4 Å². The molecule has 8 nitrogen and oxygen atoms in total. The Labute approximate surface area is 131 Å². The highest BCUT2D eigenvalue weighted by molar-refractivity contribution is 5.85. The maximum atomic E-state index is 12.1. The smallest absolute Gasteiger partial charge is 0.347 e. The van der Waals surface area contributed by atoms with E-state index < -0.39 is 5.63 Å². The molecule has 8 heteroatoms. The summed E-state index contributed by atoms with van der Waals surface area (Å²) in [6.07, 6.45) is 0.141. The quantitative estimate of drug-likeness (QED) is 0.546. The van der Waals surface area contributed by atoms with Crippen LogP contribution in [-0.4, -0.2) is 39.9 Å². The normalized spacial score (nSPS) is 11.3. The number of nitrogens with zero attached hydrogens (tertiary/aromatic N) is 3. The summed E-state index contributed by atoms with van der Waals surface area (Å²) in [6, 6.07) is 7.06. The lowest BCUT2D eigenvalue weighted by molar-refractivity contribution is 0.0554. The van der Waals surface area contributed by atoms with E-state index in [4.69, 9.17) is 13.9 Å². The van der Waals surface area contributed by atoms with Gasteiger partial charge in [0.15, 0.2) is 17.2 Å². The molecule has 3 rings (SSSR count). The fourth-order valence-electron chi connectivity index (χ4n) is 2.11. The number of para-hydroxylation sites is 1. The molecule has 0 spiro atoms. The maximum Gasteiger partial charge on any atom is 0.347 e. The third-order valence-electron chi connectivity index (χ3n) is 3.12. The molecule has 0 radical (unpaired) electrons. The first-order chi connectivity index (χ1) is 11.1. The summed E-state index contributed by atoms with van der Waals surface area (Å²) in [7, 11) is 0. The number of rotatable bonds is 6. The van der Waals surface area contributed by atoms with Gasteiger partial charge in [0.25, 0.3) is 0 Å². The van der Waals surface area contributed by atoms with Gasteiger partial charge >= 0.3 is 5.63 Å². The molecule has 0 saturated carbocycles. The van der Waals surface area contributed by atoms with Gasteiger partial charge < -0.3 is 13.9 Å². The van der Waals surface area contributed by atoms with E-state index in [0.717, 1.165) is 5.39 Å². The predicted octanol–water partition coefficient (Wildman–Crippen LogP) is 1.78. The third kappa shape index (κ3) is 3.37. The van der Waals surface area contributed by atoms with Crippen molar-refractivity contribution < 1.29 is 13.9 Å². The summed E-state index contributed by atoms with van der Waals surface area (Å²) in [5.41, 5.74) is 0.117. The number of aromatic amines is 1. The minimum absolute atomic E-state index is 0.141. The van der Waals surface area contributed by atoms with Gasteiger partial charge in [0.1, 0.15) is 12.2 Å². The summed E-state index contributed by atoms with van der Waals surface area (Å²) in [5.74, 6) is 0.756. The van der Waals surface area contributed by atoms with Crippen molar-refractivity contribution in [3.05, 3.63) is 34.7 Å². The molecule has 0 aliphatic carbocycles. The van der Waals surface area contributed by atoms with Crippen LogP contribution in [0.4, 0.5) is 0 Å². The highest BCUT2D eigenvalue weighted by Gasteiger charge is 2.13. The van der Waals surface area contributed by atoms with E-state index in [9.17, 15) is 4.79 Å². The summed E-state index contributed by atoms with van der Waals surface area (Å²) in [4.78, 5) is 12.1. The summed E-state index contributed by atoms with van der Waals surface area (Å²) in [6.45, 7) is 4.74. The molecule has 0 bridgehead atoms. The highest BCUT2D eigenvalue weighted by atomic mass is 16.5. The zero-order chi connectivity index (χ0) is 16.2. The molecular formula is C15H16N4O4. The van der Waals surface area contributed by atoms with Gasteiger partial charge in [-0.25, -0.2) is 9.89 Å². The van der Waals surface area contributed by atoms with Crippen molar-refractivity contribution in [1.82, 2.24) is 20.6 Å². The second-order valence-electron chi connectivity index (χ2n) is 5.14. The van der Waals surface area contributed by atoms with E-state index in [0.29, 0.717) is 24.5 Å². The van der Waals surface area contributed by atoms with Crippen LogP contribution in [0, 0.1) is 0 Å². The number of nitrogens with one attached hydrogen (secondary N) is 1. The Kier molecular flexibility index (Phi) is 4.33. The van der Waals surface area contributed by atoms with Crippen LogP contribution in [0.15, 0.2) is 33.5 Å². The molecule has 2 aromatic heterocycles. The van der Waals surface area contributed by atoms with Gasteiger partial charge in [-0.2, -0.15) is 0 Å². The first-order valence-corrected chi connectivity index (χ1v) is 7.20. The Bertz CT molecular complexity index is 842. The molecule has 0 unspecified atom stereocenters. The average Bonchev–Trinajstić information content (AvgIpc) is 3.05. The van der Waals surface area contributed by atoms with Crippen LogP contribution in [0.3, 0.4) is 0 Å². The molecule has 1 N–H and O–H groups in total. The number of hydrogen-bond donors (Lipinski definition) is 1. The Morgan fingerprint density at radius 1 is 1.30 bits per heavy atom. The fraction of sp³-hybridized carbons (Fsp3) is 0.333. The molecule has 2 heterocycles. The molecule has 0 aliphatic heterocycles. The van der Waals surface area contributed by atoms with Gasteiger partial charge in [-0.15, -0.1) is 5.10 Å². The van der Waals surface area contributed by atoms with Gasteiger partial charge in [0.2, 0.25) is 0 Å². The molecule has 120 valence electrons. The molecule has 0 amide bonds. The van der Waals surface area contributed by atoms with Crippen LogP contribution < -0.4 is 10.4 Å². The van der Waals surface area contributed by atoms with Gasteiger partial charge in [0, 0.05) is 5.39 Å². The van der Waals surface area contributed by atoms with Crippen LogP contribution >= 0.6 is 0 Å². The van der Waals surface area contributed by atoms with Crippen molar-refractivity contribution in [2.75, 3.05) is 13.2 Å². The summed E-state index contributed by atoms with van der Waals surface area (Å²) >= 11 is 0. The molecule has 3 aromatic rings. The third-order valence-corrected chi connectivity index (χ3v) is 3.12. The number of benzene rings is 1. The van der Waals surface area contributed by atoms with Crippen LogP contribution in [0.5, 0.6) is 5.75 Å². The zero-order valence-electron chi connectivity index (χ0n) is 12.8. The number of hydrogen-bond acceptors (Lipinski definition) is 7. The number of H-pyrrole nitrogens is 1. The molecule has 0 fully saturated rings. The molecule has 1 aromatic carbocycles. The van der Waals surface area contributed by atoms with E-state index in [1.165, 1.54) is 0 Å². The van der Waals surface area contributed by atoms with Crippen LogP contribution in [0.1, 0.15) is 13.8 Å². The first-order valence-electron chi connectivity index (χ1n) is 7.20. The van der Waals surface area contributed by atoms with E-state index in [-0.39, 0.29) is 17.5 Å². The van der Waals surface area contributed by atoms with E-state index >= 15 is 0 Å². The molecule has 0 saturated heterocycles. The number of aromatic nitrogens is 4. The second-order valence-corrected chi connectivity index (χ2v) is 5.14. The number of ether oxygens (including phenoxy) is 2. The molecule has 0 aliphatic rings. The van der Waals surface area contributed by atoms with Crippen LogP contribution in [0.2, 0.25) is 0 Å². The Balaban J connectivity index is 1.89. The largest absolute Gasteiger partial charge is 0.487 e. The Hall–Kier alpha value is -2.74. The summed E-state index contributed by atoms with van der Waals surface area (Å²) in [5, 5.41) is 13.9. The van der Waals surface area contributed by atoms with Gasteiger partial charge in [-0.3, -0.25) is 0 Å². The van der Waals surface area contributed by atoms with Crippen molar-refractivity contribution >= 4 is 11.0 Å². The lowest BCUT2D eigenvalue weighted by Gasteiger charge is -2.10. The van der Waals surface area contributed by atoms with E-state index in [2.05, 4.69) is 20.6 Å². The minimum atomic E-state index is -0.537. The van der Waals surface area contributed by atoms with Crippen molar-refractivity contribution in [3.8, 4) is 17.1 Å². The van der Waals surface area contributed by atoms with Gasteiger partial charge in [-0.1, -0.05) is 12.1 Å². The summed E-state index contributed by atoms with van der Waals surface area (Å²) < 4.78 is 16.5.